The predicted molar refractivity (Wildman–Crippen MR) is 111 cm³/mol. The smallest absolute Gasteiger partial charge is 0.222 e. The molecule has 1 N–H and O–H groups in total. The van der Waals surface area contributed by atoms with E-state index in [0.29, 0.717) is 25.6 Å². The van der Waals surface area contributed by atoms with Crippen molar-refractivity contribution in [3.8, 4) is 0 Å². The average molecular weight is 386 g/mol. The third kappa shape index (κ3) is 4.60. The van der Waals surface area contributed by atoms with Gasteiger partial charge in [0.05, 0.1) is 18.8 Å². The third-order valence-corrected chi connectivity index (χ3v) is 7.00. The molecule has 0 aromatic heterocycles. The van der Waals surface area contributed by atoms with E-state index in [9.17, 15) is 4.79 Å². The van der Waals surface area contributed by atoms with Gasteiger partial charge in [-0.25, -0.2) is 0 Å². The van der Waals surface area contributed by atoms with Crippen molar-refractivity contribution in [1.82, 2.24) is 5.32 Å². The van der Waals surface area contributed by atoms with Crippen LogP contribution >= 0.6 is 0 Å². The quantitative estimate of drug-likeness (QED) is 0.748. The fourth-order valence-electron chi connectivity index (χ4n) is 5.45. The Hall–Kier alpha value is -1.39. The van der Waals surface area contributed by atoms with Gasteiger partial charge < -0.3 is 14.8 Å². The maximum atomic E-state index is 12.0. The van der Waals surface area contributed by atoms with Crippen molar-refractivity contribution in [3.05, 3.63) is 34.9 Å². The first kappa shape index (κ1) is 19.9. The van der Waals surface area contributed by atoms with Gasteiger partial charge in [-0.2, -0.15) is 0 Å². The molecule has 1 heterocycles. The number of ether oxygens (including phenoxy) is 2. The van der Waals surface area contributed by atoms with Crippen LogP contribution in [0, 0.1) is 5.92 Å². The van der Waals surface area contributed by atoms with Crippen LogP contribution in [0.2, 0.25) is 0 Å². The molecule has 1 saturated heterocycles. The van der Waals surface area contributed by atoms with Gasteiger partial charge in [-0.3, -0.25) is 4.79 Å². The Morgan fingerprint density at radius 1 is 1.25 bits per heavy atom. The maximum absolute atomic E-state index is 12.0. The Morgan fingerprint density at radius 3 is 3.07 bits per heavy atom. The summed E-state index contributed by atoms with van der Waals surface area (Å²) in [5, 5.41) is 3.28. The van der Waals surface area contributed by atoms with Crippen molar-refractivity contribution in [2.75, 3.05) is 26.4 Å². The summed E-state index contributed by atoms with van der Waals surface area (Å²) in [7, 11) is 0. The molecular formula is C24H35NO3. The molecule has 1 saturated carbocycles. The number of amides is 1. The Bertz CT molecular complexity index is 688. The highest BCUT2D eigenvalue weighted by atomic mass is 16.5. The fourth-order valence-corrected chi connectivity index (χ4v) is 5.45. The van der Waals surface area contributed by atoms with Crippen LogP contribution in [0.4, 0.5) is 0 Å². The number of carbonyl (C=O) groups excluding carboxylic acids is 1. The maximum Gasteiger partial charge on any atom is 0.222 e. The second-order valence-electron chi connectivity index (χ2n) is 9.05. The lowest BCUT2D eigenvalue weighted by Crippen LogP contribution is -2.48. The summed E-state index contributed by atoms with van der Waals surface area (Å²) in [4.78, 5) is 12.0. The van der Waals surface area contributed by atoms with Crippen LogP contribution in [0.1, 0.15) is 74.5 Å². The average Bonchev–Trinajstić information content (AvgIpc) is 3.02. The summed E-state index contributed by atoms with van der Waals surface area (Å²) in [6, 6.07) is 7.20. The fraction of sp³-hybridized carbons (Fsp3) is 0.708. The van der Waals surface area contributed by atoms with Gasteiger partial charge in [-0.1, -0.05) is 18.2 Å². The lowest BCUT2D eigenvalue weighted by Gasteiger charge is -2.29. The molecule has 1 spiro atoms. The molecule has 154 valence electrons. The van der Waals surface area contributed by atoms with Crippen molar-refractivity contribution >= 4 is 5.91 Å². The lowest BCUT2D eigenvalue weighted by molar-refractivity contribution is -0.122. The van der Waals surface area contributed by atoms with E-state index in [1.54, 1.807) is 11.1 Å². The molecule has 0 unspecified atom stereocenters. The van der Waals surface area contributed by atoms with Crippen molar-refractivity contribution in [2.45, 2.75) is 76.2 Å². The molecular weight excluding hydrogens is 350 g/mol. The monoisotopic (exact) mass is 385 g/mol. The molecule has 0 radical (unpaired) electrons. The van der Waals surface area contributed by atoms with Crippen LogP contribution < -0.4 is 5.32 Å². The normalized spacial score (nSPS) is 30.1. The van der Waals surface area contributed by atoms with Crippen molar-refractivity contribution in [3.63, 3.8) is 0 Å². The van der Waals surface area contributed by atoms with Crippen molar-refractivity contribution in [1.29, 1.82) is 0 Å². The van der Waals surface area contributed by atoms with Crippen LogP contribution in [-0.4, -0.2) is 37.9 Å². The first-order chi connectivity index (χ1) is 13.7. The standard InChI is InChI=1S/C24H35NO3/c1-2-27-12-3-4-18-5-6-20-15-21(8-7-19(20)14-18)22-9-11-24(16-22)17-28-13-10-23(26)25-24/h7-8,15,18,22H,2-6,9-14,16-17H2,1H3,(H,25,26)/t18-,22-,24-/m1/s1. The minimum Gasteiger partial charge on any atom is -0.382 e. The van der Waals surface area contributed by atoms with Gasteiger partial charge in [-0.05, 0) is 86.8 Å². The highest BCUT2D eigenvalue weighted by Gasteiger charge is 2.42. The largest absolute Gasteiger partial charge is 0.382 e. The van der Waals surface area contributed by atoms with Gasteiger partial charge in [0.2, 0.25) is 5.91 Å². The molecule has 4 heteroatoms. The second-order valence-corrected chi connectivity index (χ2v) is 9.05. The van der Waals surface area contributed by atoms with Crippen LogP contribution in [0.3, 0.4) is 0 Å². The van der Waals surface area contributed by atoms with E-state index in [2.05, 4.69) is 30.4 Å². The minimum absolute atomic E-state index is 0.139. The number of aryl methyl sites for hydroxylation is 1. The number of fused-ring (bicyclic) bond motifs is 1. The zero-order valence-electron chi connectivity index (χ0n) is 17.3. The number of rotatable bonds is 6. The number of hydrogen-bond acceptors (Lipinski definition) is 3. The Morgan fingerprint density at radius 2 is 2.18 bits per heavy atom. The van der Waals surface area contributed by atoms with Crippen LogP contribution in [0.15, 0.2) is 18.2 Å². The summed E-state index contributed by atoms with van der Waals surface area (Å²) >= 11 is 0. The molecule has 1 aromatic rings. The highest BCUT2D eigenvalue weighted by Crippen LogP contribution is 2.43. The SMILES string of the molecule is CCOCCC[C@@H]1CCc2cc([C@@H]3CC[C@]4(COCCC(=O)N4)C3)ccc2C1. The second kappa shape index (κ2) is 8.96. The molecule has 28 heavy (non-hydrogen) atoms. The van der Waals surface area contributed by atoms with Crippen molar-refractivity contribution in [2.24, 2.45) is 5.92 Å². The van der Waals surface area contributed by atoms with Gasteiger partial charge >= 0.3 is 0 Å². The molecule has 4 nitrogen and oxygen atoms in total. The van der Waals surface area contributed by atoms with Crippen LogP contribution in [0.5, 0.6) is 0 Å². The van der Waals surface area contributed by atoms with Gasteiger partial charge in [0, 0.05) is 19.6 Å². The van der Waals surface area contributed by atoms with E-state index in [-0.39, 0.29) is 11.4 Å². The van der Waals surface area contributed by atoms with E-state index < -0.39 is 0 Å². The Labute approximate surface area is 169 Å². The molecule has 1 aliphatic heterocycles. The van der Waals surface area contributed by atoms with E-state index in [0.717, 1.165) is 38.4 Å². The molecule has 4 rings (SSSR count). The van der Waals surface area contributed by atoms with Gasteiger partial charge in [0.1, 0.15) is 0 Å². The van der Waals surface area contributed by atoms with E-state index in [1.165, 1.54) is 37.7 Å². The van der Waals surface area contributed by atoms with Gasteiger partial charge in [0.15, 0.2) is 0 Å². The van der Waals surface area contributed by atoms with E-state index >= 15 is 0 Å². The highest BCUT2D eigenvalue weighted by molar-refractivity contribution is 5.77. The molecule has 1 aromatic carbocycles. The third-order valence-electron chi connectivity index (χ3n) is 7.00. The summed E-state index contributed by atoms with van der Waals surface area (Å²) in [5.41, 5.74) is 4.43. The first-order valence-corrected chi connectivity index (χ1v) is 11.3. The first-order valence-electron chi connectivity index (χ1n) is 11.3. The molecule has 2 fully saturated rings. The number of carbonyl (C=O) groups is 1. The number of nitrogens with one attached hydrogen (secondary N) is 1. The van der Waals surface area contributed by atoms with E-state index in [4.69, 9.17) is 9.47 Å². The number of benzene rings is 1. The van der Waals surface area contributed by atoms with E-state index in [1.807, 2.05) is 0 Å². The van der Waals surface area contributed by atoms with Crippen LogP contribution in [-0.2, 0) is 27.1 Å². The van der Waals surface area contributed by atoms with Gasteiger partial charge in [-0.15, -0.1) is 0 Å². The minimum atomic E-state index is -0.139. The summed E-state index contributed by atoms with van der Waals surface area (Å²) in [6.45, 7) is 5.03. The molecule has 3 aliphatic rings. The van der Waals surface area contributed by atoms with Gasteiger partial charge in [0.25, 0.3) is 0 Å². The molecule has 3 atom stereocenters. The zero-order chi connectivity index (χ0) is 19.4. The lowest BCUT2D eigenvalue weighted by atomic mass is 9.80. The molecule has 1 amide bonds. The topological polar surface area (TPSA) is 47.6 Å². The predicted octanol–water partition coefficient (Wildman–Crippen LogP) is 4.15. The summed E-state index contributed by atoms with van der Waals surface area (Å²) in [6.07, 6.45) is 9.89. The summed E-state index contributed by atoms with van der Waals surface area (Å²) < 4.78 is 11.2. The molecule has 2 aliphatic carbocycles. The number of hydrogen-bond donors (Lipinski definition) is 1. The van der Waals surface area contributed by atoms with Crippen LogP contribution in [0.25, 0.3) is 0 Å². The Kier molecular flexibility index (Phi) is 6.37. The Balaban J connectivity index is 1.37. The zero-order valence-corrected chi connectivity index (χ0v) is 17.3. The summed E-state index contributed by atoms with van der Waals surface area (Å²) in [5.74, 6) is 1.50. The van der Waals surface area contributed by atoms with Crippen molar-refractivity contribution < 1.29 is 14.3 Å². The molecule has 0 bridgehead atoms.